The third kappa shape index (κ3) is 3.27. The van der Waals surface area contributed by atoms with Gasteiger partial charge in [-0.3, -0.25) is 9.78 Å². The molecule has 0 aliphatic heterocycles. The fourth-order valence-corrected chi connectivity index (χ4v) is 1.30. The molecule has 0 atom stereocenters. The van der Waals surface area contributed by atoms with Crippen LogP contribution >= 0.6 is 22.6 Å². The maximum atomic E-state index is 11.3. The lowest BCUT2D eigenvalue weighted by atomic mass is 10.3. The largest absolute Gasteiger partial charge is 0.395 e. The first-order valence-corrected chi connectivity index (χ1v) is 4.81. The summed E-state index contributed by atoms with van der Waals surface area (Å²) >= 11 is 2.08. The maximum Gasteiger partial charge on any atom is 0.252 e. The van der Waals surface area contributed by atoms with Gasteiger partial charge in [-0.05, 0) is 28.7 Å². The summed E-state index contributed by atoms with van der Waals surface area (Å²) in [5.41, 5.74) is 0.514. The predicted octanol–water partition coefficient (Wildman–Crippen LogP) is 0.408. The lowest BCUT2D eigenvalue weighted by Gasteiger charge is -2.02. The first-order chi connectivity index (χ1) is 6.24. The molecule has 1 aromatic rings. The number of carbonyl (C=O) groups excluding carboxylic acids is 1. The number of nitrogens with one attached hydrogen (secondary N) is 1. The van der Waals surface area contributed by atoms with Crippen molar-refractivity contribution >= 4 is 28.5 Å². The number of rotatable bonds is 3. The van der Waals surface area contributed by atoms with Gasteiger partial charge in [0.25, 0.3) is 5.91 Å². The number of halogens is 1. The molecule has 0 saturated heterocycles. The molecule has 1 rings (SSSR count). The number of aromatic nitrogens is 1. The minimum absolute atomic E-state index is 0.0525. The van der Waals surface area contributed by atoms with Gasteiger partial charge in [0, 0.05) is 22.5 Å². The topological polar surface area (TPSA) is 62.2 Å². The van der Waals surface area contributed by atoms with Crippen LogP contribution in [0.5, 0.6) is 0 Å². The molecule has 0 saturated carbocycles. The van der Waals surface area contributed by atoms with E-state index in [9.17, 15) is 4.79 Å². The molecule has 5 heteroatoms. The SMILES string of the molecule is O=C(NCCO)c1cncc(I)c1. The van der Waals surface area contributed by atoms with Crippen molar-refractivity contribution in [2.45, 2.75) is 0 Å². The van der Waals surface area contributed by atoms with Crippen molar-refractivity contribution in [2.24, 2.45) is 0 Å². The molecule has 0 bridgehead atoms. The molecule has 4 nitrogen and oxygen atoms in total. The maximum absolute atomic E-state index is 11.3. The molecule has 0 aliphatic carbocycles. The van der Waals surface area contributed by atoms with Crippen molar-refractivity contribution in [3.05, 3.63) is 27.6 Å². The second kappa shape index (κ2) is 5.13. The van der Waals surface area contributed by atoms with Crippen LogP contribution in [0.15, 0.2) is 18.5 Å². The number of amides is 1. The highest BCUT2D eigenvalue weighted by atomic mass is 127. The minimum atomic E-state index is -0.208. The van der Waals surface area contributed by atoms with Gasteiger partial charge in [-0.25, -0.2) is 0 Å². The van der Waals surface area contributed by atoms with Gasteiger partial charge in [-0.15, -0.1) is 0 Å². The molecular weight excluding hydrogens is 283 g/mol. The highest BCUT2D eigenvalue weighted by molar-refractivity contribution is 14.1. The normalized spacial score (nSPS) is 9.69. The highest BCUT2D eigenvalue weighted by Crippen LogP contribution is 2.04. The van der Waals surface area contributed by atoms with Crippen molar-refractivity contribution in [2.75, 3.05) is 13.2 Å². The summed E-state index contributed by atoms with van der Waals surface area (Å²) in [6.45, 7) is 0.216. The summed E-state index contributed by atoms with van der Waals surface area (Å²) in [6, 6.07) is 1.74. The summed E-state index contributed by atoms with van der Waals surface area (Å²) in [5.74, 6) is -0.208. The van der Waals surface area contributed by atoms with Gasteiger partial charge < -0.3 is 10.4 Å². The summed E-state index contributed by atoms with van der Waals surface area (Å²) in [5, 5.41) is 11.0. The molecule has 0 aromatic carbocycles. The molecule has 1 aromatic heterocycles. The first-order valence-electron chi connectivity index (χ1n) is 3.73. The van der Waals surface area contributed by atoms with E-state index in [2.05, 4.69) is 32.9 Å². The van der Waals surface area contributed by atoms with Gasteiger partial charge in [-0.2, -0.15) is 0 Å². The third-order valence-electron chi connectivity index (χ3n) is 1.36. The summed E-state index contributed by atoms with van der Waals surface area (Å²) in [4.78, 5) is 15.2. The van der Waals surface area contributed by atoms with Gasteiger partial charge in [0.05, 0.1) is 12.2 Å². The molecule has 1 amide bonds. The first kappa shape index (κ1) is 10.4. The number of carbonyl (C=O) groups is 1. The Labute approximate surface area is 89.5 Å². The van der Waals surface area contributed by atoms with Gasteiger partial charge in [0.1, 0.15) is 0 Å². The average Bonchev–Trinajstić information content (AvgIpc) is 2.14. The lowest BCUT2D eigenvalue weighted by Crippen LogP contribution is -2.26. The number of hydrogen-bond donors (Lipinski definition) is 2. The second-order valence-corrected chi connectivity index (χ2v) is 3.62. The zero-order valence-corrected chi connectivity index (χ0v) is 8.98. The Bertz CT molecular complexity index is 304. The molecule has 70 valence electrons. The van der Waals surface area contributed by atoms with Gasteiger partial charge in [0.2, 0.25) is 0 Å². The highest BCUT2D eigenvalue weighted by Gasteiger charge is 2.04. The molecule has 1 heterocycles. The van der Waals surface area contributed by atoms with Crippen molar-refractivity contribution < 1.29 is 9.90 Å². The quantitative estimate of drug-likeness (QED) is 0.793. The van der Waals surface area contributed by atoms with Gasteiger partial charge >= 0.3 is 0 Å². The Kier molecular flexibility index (Phi) is 4.10. The second-order valence-electron chi connectivity index (χ2n) is 2.37. The summed E-state index contributed by atoms with van der Waals surface area (Å²) in [7, 11) is 0. The zero-order valence-electron chi connectivity index (χ0n) is 6.83. The molecule has 2 N–H and O–H groups in total. The van der Waals surface area contributed by atoms with Gasteiger partial charge in [-0.1, -0.05) is 0 Å². The number of nitrogens with zero attached hydrogens (tertiary/aromatic N) is 1. The van der Waals surface area contributed by atoms with Crippen LogP contribution in [0.2, 0.25) is 0 Å². The van der Waals surface area contributed by atoms with Crippen LogP contribution in [0.1, 0.15) is 10.4 Å². The number of pyridine rings is 1. The summed E-state index contributed by atoms with van der Waals surface area (Å²) < 4.78 is 0.911. The fraction of sp³-hybridized carbons (Fsp3) is 0.250. The minimum Gasteiger partial charge on any atom is -0.395 e. The summed E-state index contributed by atoms with van der Waals surface area (Å²) in [6.07, 6.45) is 3.16. The van der Waals surface area contributed by atoms with E-state index >= 15 is 0 Å². The molecule has 0 spiro atoms. The van der Waals surface area contributed by atoms with Crippen molar-refractivity contribution in [1.29, 1.82) is 0 Å². The molecule has 0 unspecified atom stereocenters. The van der Waals surface area contributed by atoms with Crippen LogP contribution in [-0.4, -0.2) is 29.1 Å². The van der Waals surface area contributed by atoms with Crippen LogP contribution in [0.3, 0.4) is 0 Å². The van der Waals surface area contributed by atoms with E-state index in [1.165, 1.54) is 6.20 Å². The Morgan fingerprint density at radius 2 is 2.38 bits per heavy atom. The van der Waals surface area contributed by atoms with E-state index in [0.29, 0.717) is 5.56 Å². The van der Waals surface area contributed by atoms with Crippen molar-refractivity contribution in [3.8, 4) is 0 Å². The van der Waals surface area contributed by atoms with Gasteiger partial charge in [0.15, 0.2) is 0 Å². The molecule has 0 radical (unpaired) electrons. The number of aliphatic hydroxyl groups excluding tert-OH is 1. The van der Waals surface area contributed by atoms with Crippen LogP contribution < -0.4 is 5.32 Å². The average molecular weight is 292 g/mol. The zero-order chi connectivity index (χ0) is 9.68. The molecule has 0 aliphatic rings. The van der Waals surface area contributed by atoms with E-state index < -0.39 is 0 Å². The Morgan fingerprint density at radius 3 is 3.00 bits per heavy atom. The van der Waals surface area contributed by atoms with E-state index in [-0.39, 0.29) is 19.1 Å². The van der Waals surface area contributed by atoms with E-state index in [1.54, 1.807) is 12.3 Å². The number of hydrogen-bond acceptors (Lipinski definition) is 3. The Morgan fingerprint density at radius 1 is 1.62 bits per heavy atom. The predicted molar refractivity (Wildman–Crippen MR) is 56.4 cm³/mol. The fourth-order valence-electron chi connectivity index (χ4n) is 0.808. The standard InChI is InChI=1S/C8H9IN2O2/c9-7-3-6(4-10-5-7)8(13)11-1-2-12/h3-5,12H,1-2H2,(H,11,13). The monoisotopic (exact) mass is 292 g/mol. The van der Waals surface area contributed by atoms with Crippen LogP contribution in [0, 0.1) is 3.57 Å². The van der Waals surface area contributed by atoms with Crippen LogP contribution in [-0.2, 0) is 0 Å². The van der Waals surface area contributed by atoms with Crippen LogP contribution in [0.25, 0.3) is 0 Å². The Balaban J connectivity index is 2.66. The lowest BCUT2D eigenvalue weighted by molar-refractivity contribution is 0.0944. The smallest absolute Gasteiger partial charge is 0.252 e. The molecule has 13 heavy (non-hydrogen) atoms. The van der Waals surface area contributed by atoms with Crippen molar-refractivity contribution in [3.63, 3.8) is 0 Å². The molecular formula is C8H9IN2O2. The number of aliphatic hydroxyl groups is 1. The third-order valence-corrected chi connectivity index (χ3v) is 1.95. The Hall–Kier alpha value is -0.690. The van der Waals surface area contributed by atoms with E-state index in [0.717, 1.165) is 3.57 Å². The molecule has 0 fully saturated rings. The van der Waals surface area contributed by atoms with Crippen LogP contribution in [0.4, 0.5) is 0 Å². The van der Waals surface area contributed by atoms with Crippen molar-refractivity contribution in [1.82, 2.24) is 10.3 Å². The van der Waals surface area contributed by atoms with E-state index in [1.807, 2.05) is 0 Å². The van der Waals surface area contributed by atoms with E-state index in [4.69, 9.17) is 5.11 Å².